The van der Waals surface area contributed by atoms with E-state index in [0.29, 0.717) is 0 Å². The third-order valence-electron chi connectivity index (χ3n) is 17.0. The molecule has 21 heterocycles. The van der Waals surface area contributed by atoms with Crippen molar-refractivity contribution in [2.45, 2.75) is 123 Å². The number of aromatic nitrogens is 14. The second-order valence-electron chi connectivity index (χ2n) is 26.9. The number of azo groups is 1. The van der Waals surface area contributed by atoms with Gasteiger partial charge in [0, 0.05) is 130 Å². The van der Waals surface area contributed by atoms with Crippen molar-refractivity contribution in [3.63, 3.8) is 0 Å². The maximum absolute atomic E-state index is 5.12. The molecule has 0 unspecified atom stereocenters. The van der Waals surface area contributed by atoms with Gasteiger partial charge in [0.2, 0.25) is 0 Å². The van der Waals surface area contributed by atoms with Gasteiger partial charge in [-0.05, 0) is 279 Å². The molecule has 752 valence electrons. The number of furan rings is 3. The van der Waals surface area contributed by atoms with E-state index in [-0.39, 0.29) is 52.0 Å². The van der Waals surface area contributed by atoms with Crippen LogP contribution in [0.15, 0.2) is 479 Å². The van der Waals surface area contributed by atoms with Gasteiger partial charge in [-0.15, -0.1) is 56.7 Å². The summed E-state index contributed by atoms with van der Waals surface area (Å²) in [6.45, 7) is 8.28. The van der Waals surface area contributed by atoms with Crippen molar-refractivity contribution < 1.29 is 17.9 Å². The predicted molar refractivity (Wildman–Crippen MR) is 610 cm³/mol. The van der Waals surface area contributed by atoms with Crippen LogP contribution in [0.3, 0.4) is 0 Å². The normalized spacial score (nSPS) is 11.0. The second kappa shape index (κ2) is 96.0. The molecule has 30 heteroatoms. The molecule has 22 aromatic rings. The predicted octanol–water partition coefficient (Wildman–Crippen LogP) is 32.5. The van der Waals surface area contributed by atoms with Crippen molar-refractivity contribution in [2.24, 2.45) is 10.2 Å². The average molecular weight is 2040 g/mol. The standard InChI is InChI=1S/C9H7N.C8H6O.C8H6S.C7H5NS.C6H4N2O.C6H7NS.2C5H11N.2C5H5N.2C4H4N2.C4H9N.C4H5N.2C4H4O.2C4H4S.C3H4N2.2C3H3NS.7CH4/c1-2-6-9-8(4-1)5-3-7-10-9;2*1-2-4-8-7(3-1)5-6-9-8;1-2-4-7-6(3-1)8-5-9-7;1-2-4-6-5(3-1)7-9-8-6;1-2-5-6(3-1)8-4-7-5;4*1-2-4-6-5-3-1;1-2-6-4-3-5-1;1-2-4-6-5-3-1;7*1-2-4-5-3-1;2*1-2-5-3-4-1;;;;;;;/h1-7H;2*1-6H;1-5H;1-4H;4H,1-3H2;2*6H,1-5H2;2*1-5H;2*1-4H;5H,1-4H2;1-5H;4*1-4H;1-2H,3H2;2*1-3H;7*1H4. The second-order valence-corrected chi connectivity index (χ2v) is 32.8. The highest BCUT2D eigenvalue weighted by Crippen LogP contribution is 2.24. The van der Waals surface area contributed by atoms with Crippen molar-refractivity contribution in [1.82, 2.24) is 86.3 Å². The van der Waals surface area contributed by atoms with E-state index < -0.39 is 0 Å². The van der Waals surface area contributed by atoms with Crippen molar-refractivity contribution >= 4 is 133 Å². The lowest BCUT2D eigenvalue weighted by molar-refractivity contribution is 0.315. The van der Waals surface area contributed by atoms with E-state index in [0.717, 1.165) is 39.6 Å². The molecule has 5 aromatic carbocycles. The number of aromatic amines is 1. The van der Waals surface area contributed by atoms with Crippen molar-refractivity contribution in [3.8, 4) is 0 Å². The molecule has 0 atom stereocenters. The fourth-order valence-corrected chi connectivity index (χ4v) is 14.5. The molecule has 0 amide bonds. The molecule has 0 saturated carbocycles. The highest BCUT2D eigenvalue weighted by atomic mass is 32.1. The first-order valence-corrected chi connectivity index (χ1v) is 50.1. The van der Waals surface area contributed by atoms with E-state index in [1.165, 1.54) is 141 Å². The molecule has 3 fully saturated rings. The zero-order valence-corrected chi connectivity index (χ0v) is 80.9. The Labute approximate surface area is 870 Å². The third-order valence-corrected chi connectivity index (χ3v) is 21.9. The molecule has 142 heavy (non-hydrogen) atoms. The first kappa shape index (κ1) is 128. The summed E-state index contributed by atoms with van der Waals surface area (Å²) in [7, 11) is 0. The van der Waals surface area contributed by atoms with Crippen LogP contribution in [0.4, 0.5) is 0 Å². The fraction of sp³-hybridized carbons (Fsp3) is 0.223. The van der Waals surface area contributed by atoms with Crippen LogP contribution in [-0.4, -0.2) is 116 Å². The number of H-pyrrole nitrogens is 1. The lowest BCUT2D eigenvalue weighted by Gasteiger charge is -2.08. The maximum Gasteiger partial charge on any atom is 0.135 e. The molecule has 3 saturated heterocycles. The summed E-state index contributed by atoms with van der Waals surface area (Å²) in [5.41, 5.74) is 13.5. The van der Waals surface area contributed by atoms with Crippen LogP contribution in [0.2, 0.25) is 0 Å². The molecule has 5 aliphatic rings. The van der Waals surface area contributed by atoms with Crippen LogP contribution in [-0.2, 0) is 12.8 Å². The van der Waals surface area contributed by atoms with Gasteiger partial charge < -0.3 is 34.2 Å². The number of nitrogens with zero attached hydrogens (tertiary/aromatic N) is 15. The van der Waals surface area contributed by atoms with Gasteiger partial charge in [-0.2, -0.15) is 43.1 Å². The molecule has 0 bridgehead atoms. The average Bonchev–Trinajstić information content (AvgIpc) is 1.15. The summed E-state index contributed by atoms with van der Waals surface area (Å²) >= 11 is 11.9. The number of thiazole rings is 4. The minimum absolute atomic E-state index is 0. The number of benzene rings is 5. The molecular weight excluding hydrogens is 1900 g/mol. The largest absolute Gasteiger partial charge is 0.473 e. The Morgan fingerprint density at radius 1 is 0.282 bits per heavy atom. The van der Waals surface area contributed by atoms with E-state index >= 15 is 0 Å². The summed E-state index contributed by atoms with van der Waals surface area (Å²) in [4.78, 5) is 39.4. The third kappa shape index (κ3) is 69.0. The lowest BCUT2D eigenvalue weighted by Crippen LogP contribution is -2.21. The van der Waals surface area contributed by atoms with Gasteiger partial charge in [0.1, 0.15) is 16.6 Å². The van der Waals surface area contributed by atoms with Crippen LogP contribution in [0, 0.1) is 0 Å². The first-order chi connectivity index (χ1) is 67.3. The summed E-state index contributed by atoms with van der Waals surface area (Å²) in [5, 5.41) is 49.1. The smallest absolute Gasteiger partial charge is 0.135 e. The van der Waals surface area contributed by atoms with Crippen molar-refractivity contribution in [2.75, 3.05) is 45.8 Å². The Kier molecular flexibility index (Phi) is 86.6. The zero-order chi connectivity index (χ0) is 93.9. The van der Waals surface area contributed by atoms with Gasteiger partial charge >= 0.3 is 0 Å². The molecule has 0 radical (unpaired) electrons. The van der Waals surface area contributed by atoms with Crippen LogP contribution in [0.25, 0.3) is 53.2 Å². The maximum atomic E-state index is 5.12. The van der Waals surface area contributed by atoms with E-state index in [4.69, 9.17) is 4.42 Å². The Bertz CT molecular complexity index is 4920. The van der Waals surface area contributed by atoms with Gasteiger partial charge in [0.25, 0.3) is 0 Å². The van der Waals surface area contributed by atoms with Crippen molar-refractivity contribution in [3.05, 3.63) is 462 Å². The van der Waals surface area contributed by atoms with Crippen LogP contribution < -0.4 is 16.0 Å². The zero-order valence-electron chi connectivity index (χ0n) is 75.2. The molecule has 4 N–H and O–H groups in total. The van der Waals surface area contributed by atoms with E-state index in [1.54, 1.807) is 202 Å². The SMILES string of the molecule is C.C.C.C.C.C.C.C1=CN=NC1.C1CCNC1.C1CCNCC1.C1CCNCC1.c1cc[nH]c1.c1ccc2ncccc2c1.c1ccc2nonc2c1.c1ccc2occc2c1.c1ccc2sccc2c1.c1ccc2scnc2c1.c1ccncc1.c1ccncc1.c1ccnnc1.c1ccoc1.c1ccoc1.c1ccsc1.c1ccsc1.c1cnccn1.c1cscn1.c1cscn1.c1nc2c(s1)CCC2. The minimum atomic E-state index is 0. The fourth-order valence-electron chi connectivity index (χ4n) is 10.6. The Balaban J connectivity index is 0.00000147. The highest BCUT2D eigenvalue weighted by molar-refractivity contribution is 7.17. The van der Waals surface area contributed by atoms with Gasteiger partial charge in [-0.1, -0.05) is 186 Å². The minimum Gasteiger partial charge on any atom is -0.473 e. The quantitative estimate of drug-likeness (QED) is 0.110. The Morgan fingerprint density at radius 2 is 0.739 bits per heavy atom. The molecule has 1 aliphatic carbocycles. The number of fused-ring (bicyclic) bond motifs is 6. The van der Waals surface area contributed by atoms with Crippen LogP contribution in [0.5, 0.6) is 0 Å². The number of rotatable bonds is 0. The van der Waals surface area contributed by atoms with Gasteiger partial charge in [0.15, 0.2) is 0 Å². The molecule has 0 spiro atoms. The molecule has 17 aromatic heterocycles. The van der Waals surface area contributed by atoms with E-state index in [9.17, 15) is 0 Å². The number of piperidine rings is 2. The highest BCUT2D eigenvalue weighted by Gasteiger charge is 2.12. The monoisotopic (exact) mass is 2040 g/mol. The number of aryl methyl sites for hydroxylation is 2. The number of nitrogens with one attached hydrogen (secondary N) is 4. The van der Waals surface area contributed by atoms with Gasteiger partial charge in [-0.25, -0.2) is 14.6 Å². The number of hydrogen-bond donors (Lipinski definition) is 4. The van der Waals surface area contributed by atoms with Gasteiger partial charge in [-0.3, -0.25) is 34.9 Å². The topological polar surface area (TPSA) is 297 Å². The molecular formula is C112H143N19O4S7. The van der Waals surface area contributed by atoms with Gasteiger partial charge in [0.05, 0.1) is 81.3 Å². The van der Waals surface area contributed by atoms with E-state index in [2.05, 4.69) is 164 Å². The summed E-state index contributed by atoms with van der Waals surface area (Å²) < 4.78 is 21.4. The summed E-state index contributed by atoms with van der Waals surface area (Å²) in [6.07, 6.45) is 52.8. The summed E-state index contributed by atoms with van der Waals surface area (Å²) in [6, 6.07) is 82.5. The van der Waals surface area contributed by atoms with Crippen LogP contribution >= 0.6 is 79.4 Å². The Morgan fingerprint density at radius 3 is 1.09 bits per heavy atom. The van der Waals surface area contributed by atoms with Crippen molar-refractivity contribution in [1.29, 1.82) is 0 Å². The number of para-hydroxylation sites is 3. The number of hydrogen-bond acceptors (Lipinski definition) is 29. The number of pyridine rings is 3. The molecule has 23 nitrogen and oxygen atoms in total. The summed E-state index contributed by atoms with van der Waals surface area (Å²) in [5.74, 6) is 0. The first-order valence-electron chi connectivity index (χ1n) is 43.7. The number of thiophene rings is 3. The molecule has 27 rings (SSSR count). The van der Waals surface area contributed by atoms with E-state index in [1.807, 2.05) is 274 Å². The molecule has 4 aliphatic heterocycles. The van der Waals surface area contributed by atoms with Crippen LogP contribution in [0.1, 0.15) is 120 Å². The Hall–Kier alpha value is -13.9. The lowest BCUT2D eigenvalue weighted by atomic mass is 10.2.